The number of fused-ring (bicyclic) bond motifs is 2. The Morgan fingerprint density at radius 2 is 1.90 bits per heavy atom. The molecule has 1 aromatic carbocycles. The van der Waals surface area contributed by atoms with Crippen molar-refractivity contribution >= 4 is 33.3 Å². The van der Waals surface area contributed by atoms with Crippen molar-refractivity contribution in [3.05, 3.63) is 66.6 Å². The lowest BCUT2D eigenvalue weighted by atomic mass is 10.1. The minimum atomic E-state index is 0.714. The summed E-state index contributed by atoms with van der Waals surface area (Å²) in [5.74, 6) is 0.714. The Labute approximate surface area is 168 Å². The summed E-state index contributed by atoms with van der Waals surface area (Å²) in [7, 11) is 0. The maximum atomic E-state index is 4.88. The van der Waals surface area contributed by atoms with Crippen LogP contribution >= 0.6 is 11.3 Å². The molecule has 6 aromatic rings. The van der Waals surface area contributed by atoms with Crippen LogP contribution in [0.5, 0.6) is 0 Å². The third kappa shape index (κ3) is 2.61. The van der Waals surface area contributed by atoms with Crippen LogP contribution in [0.1, 0.15) is 0 Å². The average molecular weight is 395 g/mol. The van der Waals surface area contributed by atoms with E-state index < -0.39 is 0 Å². The monoisotopic (exact) mass is 395 g/mol. The molecule has 8 heteroatoms. The van der Waals surface area contributed by atoms with Gasteiger partial charge in [0.25, 0.3) is 0 Å². The number of aromatic amines is 2. The van der Waals surface area contributed by atoms with Crippen LogP contribution in [-0.4, -0.2) is 35.1 Å². The molecular formula is C21H13N7S. The van der Waals surface area contributed by atoms with Gasteiger partial charge in [0.1, 0.15) is 11.4 Å². The second kappa shape index (κ2) is 6.32. The normalized spacial score (nSPS) is 11.4. The van der Waals surface area contributed by atoms with Crippen molar-refractivity contribution in [1.29, 1.82) is 0 Å². The molecule has 6 rings (SSSR count). The van der Waals surface area contributed by atoms with Gasteiger partial charge >= 0.3 is 0 Å². The standard InChI is InChI=1S/C21H13N7S/c1-3-12(18-5-2-8-29-18)19-14(4-1)25-21(26-19)20-13-9-15(17-10-22-6-7-23-17)24-11-16(13)27-28-20/h1-11H,(H,25,26)(H,27,28). The summed E-state index contributed by atoms with van der Waals surface area (Å²) in [6.07, 6.45) is 6.76. The van der Waals surface area contributed by atoms with Gasteiger partial charge in [-0.05, 0) is 23.6 Å². The van der Waals surface area contributed by atoms with Crippen LogP contribution in [0.4, 0.5) is 0 Å². The van der Waals surface area contributed by atoms with Crippen molar-refractivity contribution < 1.29 is 0 Å². The summed E-state index contributed by atoms with van der Waals surface area (Å²) in [6.45, 7) is 0. The highest BCUT2D eigenvalue weighted by Crippen LogP contribution is 2.33. The first kappa shape index (κ1) is 16.1. The van der Waals surface area contributed by atoms with Crippen molar-refractivity contribution in [3.63, 3.8) is 0 Å². The fourth-order valence-electron chi connectivity index (χ4n) is 3.44. The molecule has 29 heavy (non-hydrogen) atoms. The van der Waals surface area contributed by atoms with E-state index in [1.807, 2.05) is 18.2 Å². The zero-order valence-corrected chi connectivity index (χ0v) is 15.8. The van der Waals surface area contributed by atoms with Crippen LogP contribution < -0.4 is 0 Å². The van der Waals surface area contributed by atoms with Crippen molar-refractivity contribution in [2.75, 3.05) is 0 Å². The van der Waals surface area contributed by atoms with E-state index >= 15 is 0 Å². The number of para-hydroxylation sites is 1. The van der Waals surface area contributed by atoms with E-state index in [2.05, 4.69) is 53.7 Å². The number of thiophene rings is 1. The number of imidazole rings is 1. The molecule has 0 saturated heterocycles. The molecular weight excluding hydrogens is 382 g/mol. The molecule has 2 N–H and O–H groups in total. The first-order valence-electron chi connectivity index (χ1n) is 9.00. The Balaban J connectivity index is 1.53. The van der Waals surface area contributed by atoms with E-state index in [-0.39, 0.29) is 0 Å². The summed E-state index contributed by atoms with van der Waals surface area (Å²) < 4.78 is 0. The molecule has 0 aliphatic rings. The van der Waals surface area contributed by atoms with E-state index in [9.17, 15) is 0 Å². The van der Waals surface area contributed by atoms with Gasteiger partial charge in [-0.3, -0.25) is 20.1 Å². The van der Waals surface area contributed by atoms with Gasteiger partial charge in [0.2, 0.25) is 0 Å². The highest BCUT2D eigenvalue weighted by Gasteiger charge is 2.16. The molecule has 0 radical (unpaired) electrons. The molecule has 0 fully saturated rings. The van der Waals surface area contributed by atoms with Gasteiger partial charge in [-0.2, -0.15) is 5.10 Å². The first-order chi connectivity index (χ1) is 14.4. The van der Waals surface area contributed by atoms with Crippen LogP contribution in [0.15, 0.2) is 66.6 Å². The minimum Gasteiger partial charge on any atom is -0.337 e. The SMILES string of the molecule is c1csc(-c2cccc3[nH]c(-c4n[nH]c5cnc(-c6cnccn6)cc45)nc23)c1. The predicted octanol–water partition coefficient (Wildman–Crippen LogP) is 4.69. The molecule has 5 aromatic heterocycles. The fourth-order valence-corrected chi connectivity index (χ4v) is 4.20. The lowest BCUT2D eigenvalue weighted by Gasteiger charge is -1.99. The van der Waals surface area contributed by atoms with Crippen LogP contribution in [0.2, 0.25) is 0 Å². The van der Waals surface area contributed by atoms with E-state index in [0.29, 0.717) is 11.5 Å². The number of H-pyrrole nitrogens is 2. The fraction of sp³-hybridized carbons (Fsp3) is 0. The lowest BCUT2D eigenvalue weighted by molar-refractivity contribution is 1.10. The maximum Gasteiger partial charge on any atom is 0.159 e. The lowest BCUT2D eigenvalue weighted by Crippen LogP contribution is -1.88. The number of nitrogens with zero attached hydrogens (tertiary/aromatic N) is 5. The Hall–Kier alpha value is -3.91. The number of benzene rings is 1. The molecule has 0 aliphatic carbocycles. The van der Waals surface area contributed by atoms with Gasteiger partial charge in [-0.15, -0.1) is 11.3 Å². The van der Waals surface area contributed by atoms with E-state index in [4.69, 9.17) is 4.98 Å². The van der Waals surface area contributed by atoms with Gasteiger partial charge in [0.05, 0.1) is 34.6 Å². The Bertz CT molecular complexity index is 1450. The van der Waals surface area contributed by atoms with Crippen LogP contribution in [-0.2, 0) is 0 Å². The molecule has 0 unspecified atom stereocenters. The molecule has 0 bridgehead atoms. The minimum absolute atomic E-state index is 0.714. The highest BCUT2D eigenvalue weighted by molar-refractivity contribution is 7.13. The van der Waals surface area contributed by atoms with Crippen LogP contribution in [0, 0.1) is 0 Å². The number of rotatable bonds is 3. The van der Waals surface area contributed by atoms with Gasteiger partial charge in [0, 0.05) is 28.2 Å². The smallest absolute Gasteiger partial charge is 0.159 e. The summed E-state index contributed by atoms with van der Waals surface area (Å²) in [6, 6.07) is 12.3. The first-order valence-corrected chi connectivity index (χ1v) is 9.88. The Morgan fingerprint density at radius 3 is 2.76 bits per heavy atom. The molecule has 138 valence electrons. The topological polar surface area (TPSA) is 96.0 Å². The number of pyridine rings is 1. The zero-order valence-electron chi connectivity index (χ0n) is 15.0. The zero-order chi connectivity index (χ0) is 19.2. The molecule has 0 aliphatic heterocycles. The van der Waals surface area contributed by atoms with Gasteiger partial charge < -0.3 is 4.98 Å². The largest absolute Gasteiger partial charge is 0.337 e. The van der Waals surface area contributed by atoms with Crippen molar-refractivity contribution in [2.24, 2.45) is 0 Å². The summed E-state index contributed by atoms with van der Waals surface area (Å²) in [5.41, 5.74) is 6.07. The average Bonchev–Trinajstić information content (AvgIpc) is 3.52. The number of nitrogens with one attached hydrogen (secondary N) is 2. The molecule has 0 spiro atoms. The van der Waals surface area contributed by atoms with E-state index in [1.54, 1.807) is 36.1 Å². The van der Waals surface area contributed by atoms with E-state index in [0.717, 1.165) is 38.9 Å². The highest BCUT2D eigenvalue weighted by atomic mass is 32.1. The predicted molar refractivity (Wildman–Crippen MR) is 113 cm³/mol. The van der Waals surface area contributed by atoms with Gasteiger partial charge in [-0.1, -0.05) is 18.2 Å². The van der Waals surface area contributed by atoms with Gasteiger partial charge in [0.15, 0.2) is 5.82 Å². The molecule has 7 nitrogen and oxygen atoms in total. The molecule has 0 saturated carbocycles. The van der Waals surface area contributed by atoms with Gasteiger partial charge in [-0.25, -0.2) is 4.98 Å². The number of aromatic nitrogens is 7. The Morgan fingerprint density at radius 1 is 0.897 bits per heavy atom. The molecule has 5 heterocycles. The maximum absolute atomic E-state index is 4.88. The quantitative estimate of drug-likeness (QED) is 0.453. The Kier molecular flexibility index (Phi) is 3.50. The molecule has 0 atom stereocenters. The summed E-state index contributed by atoms with van der Waals surface area (Å²) in [4.78, 5) is 22.4. The van der Waals surface area contributed by atoms with Crippen molar-refractivity contribution in [3.8, 4) is 33.3 Å². The van der Waals surface area contributed by atoms with E-state index in [1.165, 1.54) is 4.88 Å². The second-order valence-electron chi connectivity index (χ2n) is 6.54. The van der Waals surface area contributed by atoms with Crippen molar-refractivity contribution in [1.82, 2.24) is 35.1 Å². The van der Waals surface area contributed by atoms with Crippen LogP contribution in [0.25, 0.3) is 55.3 Å². The number of hydrogen-bond donors (Lipinski definition) is 2. The number of hydrogen-bond acceptors (Lipinski definition) is 6. The third-order valence-electron chi connectivity index (χ3n) is 4.80. The molecule has 0 amide bonds. The van der Waals surface area contributed by atoms with Crippen LogP contribution in [0.3, 0.4) is 0 Å². The third-order valence-corrected chi connectivity index (χ3v) is 5.70. The second-order valence-corrected chi connectivity index (χ2v) is 7.49. The van der Waals surface area contributed by atoms with Crippen molar-refractivity contribution in [2.45, 2.75) is 0 Å². The summed E-state index contributed by atoms with van der Waals surface area (Å²) >= 11 is 1.70. The summed E-state index contributed by atoms with van der Waals surface area (Å²) in [5, 5.41) is 10.5.